The third-order valence-corrected chi connectivity index (χ3v) is 10.4. The lowest BCUT2D eigenvalue weighted by Crippen LogP contribution is -2.51. The highest BCUT2D eigenvalue weighted by atomic mass is 28.4. The number of benzene rings is 1. The van der Waals surface area contributed by atoms with Crippen molar-refractivity contribution in [1.82, 2.24) is 0 Å². The van der Waals surface area contributed by atoms with E-state index in [4.69, 9.17) is 9.16 Å². The van der Waals surface area contributed by atoms with Crippen molar-refractivity contribution in [3.8, 4) is 0 Å². The van der Waals surface area contributed by atoms with E-state index >= 15 is 0 Å². The van der Waals surface area contributed by atoms with Gasteiger partial charge in [0.2, 0.25) is 5.91 Å². The Morgan fingerprint density at radius 2 is 1.84 bits per heavy atom. The zero-order valence-electron chi connectivity index (χ0n) is 20.7. The fourth-order valence-electron chi connectivity index (χ4n) is 3.21. The highest BCUT2D eigenvalue weighted by Crippen LogP contribution is 2.40. The molecule has 0 fully saturated rings. The van der Waals surface area contributed by atoms with Crippen LogP contribution in [0.4, 0.5) is 20.6 Å². The van der Waals surface area contributed by atoms with Gasteiger partial charge in [-0.1, -0.05) is 26.8 Å². The van der Waals surface area contributed by atoms with Crippen LogP contribution < -0.4 is 9.80 Å². The number of carbonyl (C=O) groups excluding carboxylic acids is 2. The average molecular weight is 465 g/mol. The van der Waals surface area contributed by atoms with Crippen LogP contribution in [0, 0.1) is 5.82 Å². The second-order valence-electron chi connectivity index (χ2n) is 10.6. The fraction of sp³-hybridized carbons (Fsp3) is 0.583. The minimum atomic E-state index is -2.01. The van der Waals surface area contributed by atoms with E-state index < -0.39 is 25.8 Å². The first-order valence-corrected chi connectivity index (χ1v) is 13.9. The van der Waals surface area contributed by atoms with Crippen molar-refractivity contribution >= 4 is 31.7 Å². The van der Waals surface area contributed by atoms with Crippen molar-refractivity contribution < 1.29 is 23.1 Å². The highest BCUT2D eigenvalue weighted by molar-refractivity contribution is 6.74. The third-order valence-electron chi connectivity index (χ3n) is 5.91. The van der Waals surface area contributed by atoms with Crippen LogP contribution in [-0.4, -0.2) is 45.6 Å². The molecular weight excluding hydrogens is 427 g/mol. The van der Waals surface area contributed by atoms with Crippen LogP contribution in [0.25, 0.3) is 0 Å². The second kappa shape index (κ2) is 9.35. The summed E-state index contributed by atoms with van der Waals surface area (Å²) in [5.41, 5.74) is 0.431. The van der Waals surface area contributed by atoms with E-state index in [2.05, 4.69) is 40.4 Å². The maximum atomic E-state index is 14.8. The third kappa shape index (κ3) is 5.78. The Hall–Kier alpha value is -2.19. The number of hydrogen-bond donors (Lipinski definition) is 0. The van der Waals surface area contributed by atoms with Crippen LogP contribution in [0.3, 0.4) is 0 Å². The van der Waals surface area contributed by atoms with E-state index in [0.717, 1.165) is 0 Å². The Kier molecular flexibility index (Phi) is 7.62. The molecule has 0 aliphatic carbocycles. The number of hydrogen-bond acceptors (Lipinski definition) is 4. The van der Waals surface area contributed by atoms with Crippen molar-refractivity contribution in [3.63, 3.8) is 0 Å². The molecule has 0 saturated heterocycles. The summed E-state index contributed by atoms with van der Waals surface area (Å²) in [6.45, 7) is 20.2. The van der Waals surface area contributed by atoms with Gasteiger partial charge in [0.1, 0.15) is 18.0 Å². The van der Waals surface area contributed by atoms with Gasteiger partial charge in [0.25, 0.3) is 0 Å². The fourth-order valence-corrected chi connectivity index (χ4v) is 4.25. The van der Waals surface area contributed by atoms with Crippen LogP contribution in [-0.2, 0) is 20.4 Å². The molecule has 2 amide bonds. The van der Waals surface area contributed by atoms with E-state index in [9.17, 15) is 14.0 Å². The molecule has 0 atom stereocenters. The molecule has 1 aliphatic rings. The van der Waals surface area contributed by atoms with Gasteiger partial charge in [-0.05, 0) is 57.5 Å². The van der Waals surface area contributed by atoms with Crippen molar-refractivity contribution in [2.45, 2.75) is 71.7 Å². The molecule has 8 heteroatoms. The number of fused-ring (bicyclic) bond motifs is 1. The number of allylic oxidation sites excluding steroid dienone is 1. The molecule has 32 heavy (non-hydrogen) atoms. The van der Waals surface area contributed by atoms with Crippen LogP contribution in [0.15, 0.2) is 24.8 Å². The van der Waals surface area contributed by atoms with Crippen LogP contribution >= 0.6 is 0 Å². The minimum Gasteiger partial charge on any atom is -0.443 e. The van der Waals surface area contributed by atoms with Gasteiger partial charge in [0.05, 0.1) is 18.0 Å². The second-order valence-corrected chi connectivity index (χ2v) is 15.4. The number of anilines is 2. The zero-order valence-corrected chi connectivity index (χ0v) is 21.7. The van der Waals surface area contributed by atoms with E-state index in [-0.39, 0.29) is 30.5 Å². The Morgan fingerprint density at radius 3 is 2.38 bits per heavy atom. The number of amides is 2. The first-order valence-electron chi connectivity index (χ1n) is 11.0. The topological polar surface area (TPSA) is 59.1 Å². The molecule has 0 N–H and O–H groups in total. The monoisotopic (exact) mass is 464 g/mol. The molecule has 1 aromatic carbocycles. The standard InChI is InChI=1S/C24H37FN2O4Si/c1-10-11-17-18(25)12-13-19-21(17)26(14-15-30-32(8,9)24(5,6)7)20(28)16-27(19)22(29)31-23(2,3)4/h10,12-13H,1,11,14-16H2,2-9H3. The van der Waals surface area contributed by atoms with Gasteiger partial charge in [0.15, 0.2) is 8.32 Å². The van der Waals surface area contributed by atoms with Crippen LogP contribution in [0.5, 0.6) is 0 Å². The summed E-state index contributed by atoms with van der Waals surface area (Å²) in [7, 11) is -2.01. The molecule has 2 rings (SSSR count). The van der Waals surface area contributed by atoms with Crippen molar-refractivity contribution in [2.75, 3.05) is 29.5 Å². The normalized spacial score (nSPS) is 15.0. The van der Waals surface area contributed by atoms with Gasteiger partial charge in [-0.15, -0.1) is 6.58 Å². The van der Waals surface area contributed by atoms with Gasteiger partial charge in [-0.3, -0.25) is 9.69 Å². The molecule has 6 nitrogen and oxygen atoms in total. The zero-order chi connectivity index (χ0) is 24.5. The number of halogens is 1. The van der Waals surface area contributed by atoms with E-state index in [1.54, 1.807) is 26.8 Å². The first kappa shape index (κ1) is 26.1. The largest absolute Gasteiger partial charge is 0.443 e. The lowest BCUT2D eigenvalue weighted by Gasteiger charge is -2.40. The molecule has 178 valence electrons. The SMILES string of the molecule is C=CCc1c(F)ccc2c1N(CCO[Si](C)(C)C(C)(C)C)C(=O)CN2C(=O)OC(C)(C)C. The van der Waals surface area contributed by atoms with Gasteiger partial charge in [-0.2, -0.15) is 0 Å². The molecule has 1 aromatic rings. The lowest BCUT2D eigenvalue weighted by atomic mass is 10.0. The quantitative estimate of drug-likeness (QED) is 0.402. The molecule has 0 bridgehead atoms. The summed E-state index contributed by atoms with van der Waals surface area (Å²) < 4.78 is 26.5. The van der Waals surface area contributed by atoms with Gasteiger partial charge >= 0.3 is 6.09 Å². The summed E-state index contributed by atoms with van der Waals surface area (Å²) in [6.07, 6.45) is 1.17. The summed E-state index contributed by atoms with van der Waals surface area (Å²) in [5.74, 6) is -0.754. The highest BCUT2D eigenvalue weighted by Gasteiger charge is 2.39. The Labute approximate surface area is 192 Å². The summed E-state index contributed by atoms with van der Waals surface area (Å²) in [5, 5.41) is 0.0322. The predicted molar refractivity (Wildman–Crippen MR) is 129 cm³/mol. The Balaban J connectivity index is 2.44. The van der Waals surface area contributed by atoms with E-state index in [1.165, 1.54) is 21.9 Å². The summed E-state index contributed by atoms with van der Waals surface area (Å²) in [4.78, 5) is 28.8. The molecule has 1 aliphatic heterocycles. The maximum Gasteiger partial charge on any atom is 0.415 e. The average Bonchev–Trinajstić information content (AvgIpc) is 2.62. The number of nitrogens with zero attached hydrogens (tertiary/aromatic N) is 2. The predicted octanol–water partition coefficient (Wildman–Crippen LogP) is 5.66. The molecule has 1 heterocycles. The van der Waals surface area contributed by atoms with Gasteiger partial charge in [0, 0.05) is 12.1 Å². The molecule has 0 aromatic heterocycles. The van der Waals surface area contributed by atoms with E-state index in [1.807, 2.05) is 0 Å². The van der Waals surface area contributed by atoms with Crippen LogP contribution in [0.2, 0.25) is 18.1 Å². The summed E-state index contributed by atoms with van der Waals surface area (Å²) >= 11 is 0. The van der Waals surface area contributed by atoms with Crippen molar-refractivity contribution in [3.05, 3.63) is 36.2 Å². The van der Waals surface area contributed by atoms with Gasteiger partial charge < -0.3 is 14.1 Å². The van der Waals surface area contributed by atoms with Crippen molar-refractivity contribution in [1.29, 1.82) is 0 Å². The molecule has 0 unspecified atom stereocenters. The van der Waals surface area contributed by atoms with Crippen LogP contribution in [0.1, 0.15) is 47.1 Å². The first-order chi connectivity index (χ1) is 14.6. The maximum absolute atomic E-state index is 14.8. The molecule has 0 saturated carbocycles. The minimum absolute atomic E-state index is 0.0322. The molecule has 0 radical (unpaired) electrons. The Bertz CT molecular complexity index is 887. The lowest BCUT2D eigenvalue weighted by molar-refractivity contribution is -0.117. The summed E-state index contributed by atoms with van der Waals surface area (Å²) in [6, 6.07) is 2.84. The van der Waals surface area contributed by atoms with E-state index in [0.29, 0.717) is 23.5 Å². The number of ether oxygens (including phenoxy) is 1. The smallest absolute Gasteiger partial charge is 0.415 e. The molecule has 0 spiro atoms. The van der Waals surface area contributed by atoms with Crippen molar-refractivity contribution in [2.24, 2.45) is 0 Å². The number of carbonyl (C=O) groups is 2. The number of rotatable bonds is 6. The molecular formula is C24H37FN2O4Si. The Morgan fingerprint density at radius 1 is 1.22 bits per heavy atom. The van der Waals surface area contributed by atoms with Gasteiger partial charge in [-0.25, -0.2) is 9.18 Å².